The summed E-state index contributed by atoms with van der Waals surface area (Å²) in [5.74, 6) is -3.22. The van der Waals surface area contributed by atoms with Crippen LogP contribution in [-0.2, 0) is 28.9 Å². The van der Waals surface area contributed by atoms with Gasteiger partial charge in [-0.15, -0.1) is 6.58 Å². The molecule has 8 nitrogen and oxygen atoms in total. The van der Waals surface area contributed by atoms with Crippen molar-refractivity contribution in [1.29, 1.82) is 0 Å². The van der Waals surface area contributed by atoms with Gasteiger partial charge in [0.05, 0.1) is 24.0 Å². The van der Waals surface area contributed by atoms with Gasteiger partial charge < -0.3 is 14.7 Å². The van der Waals surface area contributed by atoms with Crippen molar-refractivity contribution < 1.29 is 34.0 Å². The zero-order valence-corrected chi connectivity index (χ0v) is 15.8. The summed E-state index contributed by atoms with van der Waals surface area (Å²) >= 11 is 0. The molecule has 1 amide bonds. The van der Waals surface area contributed by atoms with E-state index in [-0.39, 0.29) is 36.8 Å². The quantitative estimate of drug-likeness (QED) is 0.166. The molecule has 5 atom stereocenters. The van der Waals surface area contributed by atoms with Crippen molar-refractivity contribution in [3.63, 3.8) is 0 Å². The average molecular weight is 391 g/mol. The van der Waals surface area contributed by atoms with Crippen molar-refractivity contribution in [3.8, 4) is 0 Å². The van der Waals surface area contributed by atoms with E-state index in [1.165, 1.54) is 17.1 Å². The lowest BCUT2D eigenvalue weighted by atomic mass is 9.69. The molecular weight excluding hydrogens is 366 g/mol. The Kier molecular flexibility index (Phi) is 6.00. The Morgan fingerprint density at radius 3 is 2.68 bits per heavy atom. The maximum atomic E-state index is 12.9. The van der Waals surface area contributed by atoms with Crippen LogP contribution in [0.1, 0.15) is 26.2 Å². The number of esters is 1. The Morgan fingerprint density at radius 2 is 2.00 bits per heavy atom. The highest BCUT2D eigenvalue weighted by atomic mass is 17.2. The van der Waals surface area contributed by atoms with E-state index in [4.69, 9.17) is 14.5 Å². The molecule has 0 bridgehead atoms. The molecule has 1 aliphatic carbocycles. The first-order valence-electron chi connectivity index (χ1n) is 9.41. The third kappa shape index (κ3) is 3.27. The van der Waals surface area contributed by atoms with Gasteiger partial charge in [-0.05, 0) is 24.8 Å². The zero-order valence-electron chi connectivity index (χ0n) is 15.8. The molecule has 3 aliphatic rings. The van der Waals surface area contributed by atoms with Crippen molar-refractivity contribution in [2.45, 2.75) is 38.3 Å². The van der Waals surface area contributed by atoms with Crippen LogP contribution in [0.15, 0.2) is 36.6 Å². The number of hydrogen-bond acceptors (Lipinski definition) is 7. The van der Waals surface area contributed by atoms with Crippen molar-refractivity contribution >= 4 is 17.8 Å². The van der Waals surface area contributed by atoms with Crippen molar-refractivity contribution in [1.82, 2.24) is 4.90 Å². The van der Waals surface area contributed by atoms with Crippen molar-refractivity contribution in [2.75, 3.05) is 13.2 Å². The van der Waals surface area contributed by atoms with Crippen LogP contribution in [0.5, 0.6) is 0 Å². The molecule has 28 heavy (non-hydrogen) atoms. The van der Waals surface area contributed by atoms with Gasteiger partial charge in [0.15, 0.2) is 0 Å². The third-order valence-electron chi connectivity index (χ3n) is 5.63. The Labute approximate surface area is 163 Å². The van der Waals surface area contributed by atoms with Gasteiger partial charge in [-0.2, -0.15) is 4.89 Å². The van der Waals surface area contributed by atoms with E-state index in [0.29, 0.717) is 12.0 Å². The number of carbonyl (C=O) groups excluding carboxylic acids is 3. The SMILES string of the molecule is C=CCOOC(=O)C(C)[C@H]1C(=O)N2C(C(=O)OCC=C)=C3C(O)CCC[C@@H]3C12. The third-order valence-corrected chi connectivity index (χ3v) is 5.63. The molecule has 3 unspecified atom stereocenters. The summed E-state index contributed by atoms with van der Waals surface area (Å²) in [4.78, 5) is 48.6. The molecule has 2 aliphatic heterocycles. The van der Waals surface area contributed by atoms with Gasteiger partial charge in [-0.25, -0.2) is 9.59 Å². The summed E-state index contributed by atoms with van der Waals surface area (Å²) < 4.78 is 5.14. The van der Waals surface area contributed by atoms with Gasteiger partial charge in [0, 0.05) is 5.92 Å². The van der Waals surface area contributed by atoms with Gasteiger partial charge in [-0.1, -0.05) is 25.7 Å². The Balaban J connectivity index is 1.83. The van der Waals surface area contributed by atoms with Gasteiger partial charge in [0.2, 0.25) is 5.91 Å². The molecule has 2 fully saturated rings. The summed E-state index contributed by atoms with van der Waals surface area (Å²) in [5, 5.41) is 10.5. The van der Waals surface area contributed by atoms with Gasteiger partial charge in [-0.3, -0.25) is 9.68 Å². The Morgan fingerprint density at radius 1 is 1.29 bits per heavy atom. The van der Waals surface area contributed by atoms with Crippen molar-refractivity contribution in [2.24, 2.45) is 17.8 Å². The molecular formula is C20H25NO7. The second kappa shape index (κ2) is 8.28. The summed E-state index contributed by atoms with van der Waals surface area (Å²) in [6, 6.07) is -0.370. The molecule has 0 radical (unpaired) electrons. The fraction of sp³-hybridized carbons (Fsp3) is 0.550. The molecule has 0 aromatic heterocycles. The van der Waals surface area contributed by atoms with Gasteiger partial charge in [0.1, 0.15) is 18.9 Å². The predicted molar refractivity (Wildman–Crippen MR) is 97.1 cm³/mol. The zero-order chi connectivity index (χ0) is 20.4. The van der Waals surface area contributed by atoms with E-state index < -0.39 is 29.9 Å². The number of nitrogens with zero attached hydrogens (tertiary/aromatic N) is 1. The van der Waals surface area contributed by atoms with Crippen LogP contribution in [0.25, 0.3) is 0 Å². The minimum absolute atomic E-state index is 0.00979. The standard InChI is InChI=1S/C20H25NO7/c1-4-9-26-20(25)17-15-12(7-6-8-13(15)22)16-14(18(23)21(16)17)11(3)19(24)28-27-10-5-2/h4-5,11-14,16,22H,1-2,6-10H2,3H3/t11?,12-,13?,14+,16?/m0/s1. The second-order valence-corrected chi connectivity index (χ2v) is 7.23. The first-order chi connectivity index (χ1) is 13.4. The highest BCUT2D eigenvalue weighted by Gasteiger charge is 2.63. The molecule has 3 rings (SSSR count). The summed E-state index contributed by atoms with van der Waals surface area (Å²) in [6.07, 6.45) is 4.10. The first-order valence-corrected chi connectivity index (χ1v) is 9.41. The smallest absolute Gasteiger partial charge is 0.355 e. The number of fused-ring (bicyclic) bond motifs is 3. The number of aliphatic hydroxyl groups excluding tert-OH is 1. The highest BCUT2D eigenvalue weighted by Crippen LogP contribution is 2.53. The molecule has 8 heteroatoms. The molecule has 2 heterocycles. The maximum Gasteiger partial charge on any atom is 0.355 e. The van der Waals surface area contributed by atoms with Gasteiger partial charge in [0.25, 0.3) is 0 Å². The minimum Gasteiger partial charge on any atom is -0.457 e. The second-order valence-electron chi connectivity index (χ2n) is 7.23. The van der Waals surface area contributed by atoms with E-state index in [1.54, 1.807) is 6.92 Å². The number of carbonyl (C=O) groups is 3. The molecule has 1 N–H and O–H groups in total. The van der Waals surface area contributed by atoms with Crippen LogP contribution in [0.3, 0.4) is 0 Å². The summed E-state index contributed by atoms with van der Waals surface area (Å²) in [7, 11) is 0. The van der Waals surface area contributed by atoms with Crippen LogP contribution in [0.4, 0.5) is 0 Å². The number of amides is 1. The van der Waals surface area contributed by atoms with Crippen LogP contribution < -0.4 is 0 Å². The monoisotopic (exact) mass is 391 g/mol. The normalized spacial score (nSPS) is 29.4. The summed E-state index contributed by atoms with van der Waals surface area (Å²) in [5.41, 5.74) is 0.665. The fourth-order valence-corrected chi connectivity index (χ4v) is 4.43. The molecule has 0 aromatic carbocycles. The fourth-order valence-electron chi connectivity index (χ4n) is 4.43. The van der Waals surface area contributed by atoms with Crippen LogP contribution in [0.2, 0.25) is 0 Å². The van der Waals surface area contributed by atoms with Gasteiger partial charge >= 0.3 is 11.9 Å². The van der Waals surface area contributed by atoms with E-state index in [1.807, 2.05) is 0 Å². The van der Waals surface area contributed by atoms with E-state index in [0.717, 1.165) is 12.8 Å². The lowest BCUT2D eigenvalue weighted by Gasteiger charge is -2.48. The molecule has 1 saturated heterocycles. The van der Waals surface area contributed by atoms with E-state index >= 15 is 0 Å². The minimum atomic E-state index is -0.803. The van der Waals surface area contributed by atoms with Crippen LogP contribution in [0, 0.1) is 17.8 Å². The van der Waals surface area contributed by atoms with Crippen LogP contribution in [-0.4, -0.2) is 53.2 Å². The lowest BCUT2D eigenvalue weighted by molar-refractivity contribution is -0.271. The number of hydrogen-bond donors (Lipinski definition) is 1. The topological polar surface area (TPSA) is 102 Å². The number of aliphatic hydroxyl groups is 1. The Bertz CT molecular complexity index is 728. The Hall–Kier alpha value is -2.45. The largest absolute Gasteiger partial charge is 0.457 e. The van der Waals surface area contributed by atoms with E-state index in [9.17, 15) is 19.5 Å². The summed E-state index contributed by atoms with van der Waals surface area (Å²) in [6.45, 7) is 8.64. The first kappa shape index (κ1) is 20.3. The molecule has 0 spiro atoms. The van der Waals surface area contributed by atoms with Crippen LogP contribution >= 0.6 is 0 Å². The average Bonchev–Trinajstić information content (AvgIpc) is 2.98. The van der Waals surface area contributed by atoms with E-state index in [2.05, 4.69) is 13.2 Å². The number of β-lactam (4-membered cyclic amide) rings is 1. The lowest BCUT2D eigenvalue weighted by Crippen LogP contribution is -2.63. The predicted octanol–water partition coefficient (Wildman–Crippen LogP) is 1.27. The molecule has 1 saturated carbocycles. The highest BCUT2D eigenvalue weighted by molar-refractivity contribution is 6.02. The maximum absolute atomic E-state index is 12.9. The molecule has 0 aromatic rings. The molecule has 152 valence electrons. The number of rotatable bonds is 8. The number of ether oxygens (including phenoxy) is 1. The van der Waals surface area contributed by atoms with Crippen molar-refractivity contribution in [3.05, 3.63) is 36.6 Å².